The highest BCUT2D eigenvalue weighted by Crippen LogP contribution is 2.37. The highest BCUT2D eigenvalue weighted by atomic mass is 16.2. The summed E-state index contributed by atoms with van der Waals surface area (Å²) >= 11 is 0. The van der Waals surface area contributed by atoms with Crippen LogP contribution in [-0.2, 0) is 9.59 Å². The minimum atomic E-state index is -0.545. The molecule has 0 saturated heterocycles. The Kier molecular flexibility index (Phi) is 3.68. The third-order valence-corrected chi connectivity index (χ3v) is 3.10. The maximum absolute atomic E-state index is 11.3. The molecular weight excluding hydrogens is 194 g/mol. The van der Waals surface area contributed by atoms with Crippen LogP contribution in [0.15, 0.2) is 0 Å². The zero-order valence-electron chi connectivity index (χ0n) is 9.08. The van der Waals surface area contributed by atoms with E-state index in [-0.39, 0.29) is 11.8 Å². The lowest BCUT2D eigenvalue weighted by molar-refractivity contribution is -0.128. The highest BCUT2D eigenvalue weighted by molar-refractivity contribution is 5.84. The van der Waals surface area contributed by atoms with Crippen molar-refractivity contribution in [1.29, 1.82) is 0 Å². The Balaban J connectivity index is 2.53. The molecule has 1 rings (SSSR count). The molecule has 5 nitrogen and oxygen atoms in total. The quantitative estimate of drug-likeness (QED) is 0.587. The molecule has 86 valence electrons. The molecule has 0 unspecified atom stereocenters. The Morgan fingerprint density at radius 3 is 2.33 bits per heavy atom. The summed E-state index contributed by atoms with van der Waals surface area (Å²) in [5, 5.41) is 2.68. The fourth-order valence-corrected chi connectivity index (χ4v) is 1.98. The van der Waals surface area contributed by atoms with Gasteiger partial charge in [-0.15, -0.1) is 0 Å². The molecule has 0 aromatic carbocycles. The van der Waals surface area contributed by atoms with Crippen molar-refractivity contribution in [2.24, 2.45) is 16.9 Å². The average Bonchev–Trinajstić information content (AvgIpc) is 2.63. The average molecular weight is 213 g/mol. The van der Waals surface area contributed by atoms with Gasteiger partial charge < -0.3 is 16.8 Å². The van der Waals surface area contributed by atoms with Gasteiger partial charge in [-0.1, -0.05) is 12.8 Å². The Morgan fingerprint density at radius 2 is 1.93 bits per heavy atom. The topological polar surface area (TPSA) is 98.2 Å². The van der Waals surface area contributed by atoms with E-state index in [0.29, 0.717) is 6.54 Å². The summed E-state index contributed by atoms with van der Waals surface area (Å²) in [5.74, 6) is -0.549. The molecule has 0 aliphatic heterocycles. The molecule has 5 N–H and O–H groups in total. The van der Waals surface area contributed by atoms with Gasteiger partial charge in [0.2, 0.25) is 11.8 Å². The van der Waals surface area contributed by atoms with Crippen molar-refractivity contribution in [2.75, 3.05) is 6.54 Å². The molecule has 15 heavy (non-hydrogen) atoms. The largest absolute Gasteiger partial charge is 0.369 e. The predicted molar refractivity (Wildman–Crippen MR) is 56.8 cm³/mol. The molecule has 0 radical (unpaired) electrons. The fourth-order valence-electron chi connectivity index (χ4n) is 1.98. The van der Waals surface area contributed by atoms with Gasteiger partial charge in [-0.05, 0) is 19.8 Å². The number of amides is 2. The second-order valence-electron chi connectivity index (χ2n) is 4.36. The van der Waals surface area contributed by atoms with Gasteiger partial charge >= 0.3 is 0 Å². The first-order valence-corrected chi connectivity index (χ1v) is 5.31. The number of rotatable bonds is 4. The third-order valence-electron chi connectivity index (χ3n) is 3.10. The summed E-state index contributed by atoms with van der Waals surface area (Å²) in [7, 11) is 0. The summed E-state index contributed by atoms with van der Waals surface area (Å²) in [5.41, 5.74) is 10.2. The molecule has 0 aromatic heterocycles. The second-order valence-corrected chi connectivity index (χ2v) is 4.36. The number of carbonyl (C=O) groups excluding carboxylic acids is 2. The molecule has 1 atom stereocenters. The molecule has 0 heterocycles. The summed E-state index contributed by atoms with van der Waals surface area (Å²) in [6.07, 6.45) is 3.52. The normalized spacial score (nSPS) is 20.9. The van der Waals surface area contributed by atoms with Gasteiger partial charge in [-0.2, -0.15) is 0 Å². The van der Waals surface area contributed by atoms with Crippen molar-refractivity contribution < 1.29 is 9.59 Å². The van der Waals surface area contributed by atoms with Gasteiger partial charge in [-0.3, -0.25) is 9.59 Å². The minimum Gasteiger partial charge on any atom is -0.369 e. The lowest BCUT2D eigenvalue weighted by atomic mass is 9.85. The molecule has 1 fully saturated rings. The molecule has 0 bridgehead atoms. The highest BCUT2D eigenvalue weighted by Gasteiger charge is 2.39. The first-order chi connectivity index (χ1) is 6.98. The van der Waals surface area contributed by atoms with E-state index in [1.54, 1.807) is 6.92 Å². The van der Waals surface area contributed by atoms with E-state index < -0.39 is 11.5 Å². The summed E-state index contributed by atoms with van der Waals surface area (Å²) in [6, 6.07) is -0.545. The first kappa shape index (κ1) is 12.0. The van der Waals surface area contributed by atoms with Crippen molar-refractivity contribution in [3.8, 4) is 0 Å². The van der Waals surface area contributed by atoms with Gasteiger partial charge in [0.15, 0.2) is 0 Å². The van der Waals surface area contributed by atoms with Crippen LogP contribution >= 0.6 is 0 Å². The Labute approximate surface area is 89.6 Å². The zero-order valence-corrected chi connectivity index (χ0v) is 9.08. The van der Waals surface area contributed by atoms with E-state index in [2.05, 4.69) is 5.32 Å². The molecule has 1 aliphatic rings. The van der Waals surface area contributed by atoms with Crippen molar-refractivity contribution in [1.82, 2.24) is 5.32 Å². The SMILES string of the molecule is C[C@H](N)C(=O)NCC1(C(N)=O)CCCC1. The van der Waals surface area contributed by atoms with Gasteiger partial charge in [0, 0.05) is 6.54 Å². The first-order valence-electron chi connectivity index (χ1n) is 5.31. The van der Waals surface area contributed by atoms with E-state index in [9.17, 15) is 9.59 Å². The van der Waals surface area contributed by atoms with Crippen LogP contribution in [-0.4, -0.2) is 24.4 Å². The Morgan fingerprint density at radius 1 is 1.40 bits per heavy atom. The number of primary amides is 1. The smallest absolute Gasteiger partial charge is 0.236 e. The van der Waals surface area contributed by atoms with E-state index >= 15 is 0 Å². The van der Waals surface area contributed by atoms with Gasteiger partial charge in [-0.25, -0.2) is 0 Å². The number of hydrogen-bond donors (Lipinski definition) is 3. The van der Waals surface area contributed by atoms with Gasteiger partial charge in [0.05, 0.1) is 11.5 Å². The van der Waals surface area contributed by atoms with Crippen LogP contribution in [0.3, 0.4) is 0 Å². The van der Waals surface area contributed by atoms with Crippen molar-refractivity contribution >= 4 is 11.8 Å². The summed E-state index contributed by atoms with van der Waals surface area (Å²) in [6.45, 7) is 1.93. The molecule has 2 amide bonds. The minimum absolute atomic E-state index is 0.234. The maximum Gasteiger partial charge on any atom is 0.236 e. The van der Waals surface area contributed by atoms with Crippen molar-refractivity contribution in [3.63, 3.8) is 0 Å². The summed E-state index contributed by atoms with van der Waals surface area (Å²) < 4.78 is 0. The predicted octanol–water partition coefficient (Wildman–Crippen LogP) is -0.505. The molecule has 0 aromatic rings. The third kappa shape index (κ3) is 2.68. The molecule has 1 aliphatic carbocycles. The van der Waals surface area contributed by atoms with Crippen molar-refractivity contribution in [3.05, 3.63) is 0 Å². The van der Waals surface area contributed by atoms with Gasteiger partial charge in [0.25, 0.3) is 0 Å². The lowest BCUT2D eigenvalue weighted by Crippen LogP contribution is -2.48. The monoisotopic (exact) mass is 213 g/mol. The molecule has 1 saturated carbocycles. The molecule has 5 heteroatoms. The number of carbonyl (C=O) groups is 2. The van der Waals surface area contributed by atoms with E-state index in [4.69, 9.17) is 11.5 Å². The molecular formula is C10H19N3O2. The van der Waals surface area contributed by atoms with Crippen LogP contribution in [0.1, 0.15) is 32.6 Å². The van der Waals surface area contributed by atoms with Crippen LogP contribution < -0.4 is 16.8 Å². The number of hydrogen-bond acceptors (Lipinski definition) is 3. The summed E-state index contributed by atoms with van der Waals surface area (Å²) in [4.78, 5) is 22.6. The van der Waals surface area contributed by atoms with E-state index in [1.807, 2.05) is 0 Å². The zero-order chi connectivity index (χ0) is 11.5. The van der Waals surface area contributed by atoms with E-state index in [1.165, 1.54) is 0 Å². The lowest BCUT2D eigenvalue weighted by Gasteiger charge is -2.25. The second kappa shape index (κ2) is 4.61. The Bertz CT molecular complexity index is 257. The van der Waals surface area contributed by atoms with Crippen LogP contribution in [0.25, 0.3) is 0 Å². The van der Waals surface area contributed by atoms with Crippen LogP contribution in [0.5, 0.6) is 0 Å². The van der Waals surface area contributed by atoms with Crippen molar-refractivity contribution in [2.45, 2.75) is 38.6 Å². The van der Waals surface area contributed by atoms with E-state index in [0.717, 1.165) is 25.7 Å². The maximum atomic E-state index is 11.3. The number of nitrogens with one attached hydrogen (secondary N) is 1. The van der Waals surface area contributed by atoms with Crippen LogP contribution in [0.2, 0.25) is 0 Å². The fraction of sp³-hybridized carbons (Fsp3) is 0.800. The van der Waals surface area contributed by atoms with Gasteiger partial charge in [0.1, 0.15) is 0 Å². The molecule has 0 spiro atoms. The van der Waals surface area contributed by atoms with Crippen LogP contribution in [0.4, 0.5) is 0 Å². The standard InChI is InChI=1S/C10H19N3O2/c1-7(11)8(14)13-6-10(9(12)15)4-2-3-5-10/h7H,2-6,11H2,1H3,(H2,12,15)(H,13,14)/t7-/m0/s1. The Hall–Kier alpha value is -1.10. The van der Waals surface area contributed by atoms with Crippen LogP contribution in [0, 0.1) is 5.41 Å². The number of nitrogens with two attached hydrogens (primary N) is 2.